The highest BCUT2D eigenvalue weighted by Gasteiger charge is 2.18. The van der Waals surface area contributed by atoms with Crippen LogP contribution in [0.15, 0.2) is 18.2 Å². The summed E-state index contributed by atoms with van der Waals surface area (Å²) in [6.07, 6.45) is 1.19. The predicted octanol–water partition coefficient (Wildman–Crippen LogP) is 2.48. The number of rotatable bonds is 6. The number of hydrogen-bond donors (Lipinski definition) is 1. The fraction of sp³-hybridized carbons (Fsp3) is 0.500. The largest absolute Gasteiger partial charge is 0.339 e. The smallest absolute Gasteiger partial charge is 0.222 e. The first-order valence-electron chi connectivity index (χ1n) is 6.32. The highest BCUT2D eigenvalue weighted by atomic mass is 19.2. The van der Waals surface area contributed by atoms with Gasteiger partial charge in [-0.3, -0.25) is 4.79 Å². The lowest BCUT2D eigenvalue weighted by Gasteiger charge is -2.25. The summed E-state index contributed by atoms with van der Waals surface area (Å²) in [5.74, 6) is -1.77. The number of nitrogens with zero attached hydrogens (tertiary/aromatic N) is 1. The second-order valence-electron chi connectivity index (χ2n) is 4.56. The molecule has 19 heavy (non-hydrogen) atoms. The number of carbonyl (C=O) groups is 1. The predicted molar refractivity (Wildman–Crippen MR) is 70.7 cm³/mol. The minimum absolute atomic E-state index is 0.00696. The molecule has 0 bridgehead atoms. The molecule has 0 saturated carbocycles. The Morgan fingerprint density at radius 3 is 2.63 bits per heavy atom. The van der Waals surface area contributed by atoms with Crippen molar-refractivity contribution in [3.63, 3.8) is 0 Å². The van der Waals surface area contributed by atoms with Gasteiger partial charge in [-0.1, -0.05) is 6.07 Å². The van der Waals surface area contributed by atoms with E-state index in [0.717, 1.165) is 25.1 Å². The second kappa shape index (κ2) is 7.19. The summed E-state index contributed by atoms with van der Waals surface area (Å²) in [4.78, 5) is 13.5. The van der Waals surface area contributed by atoms with E-state index < -0.39 is 11.6 Å². The number of halogens is 2. The summed E-state index contributed by atoms with van der Waals surface area (Å²) >= 11 is 0. The van der Waals surface area contributed by atoms with Crippen molar-refractivity contribution in [2.24, 2.45) is 0 Å². The van der Waals surface area contributed by atoms with Crippen molar-refractivity contribution in [2.45, 2.75) is 25.8 Å². The van der Waals surface area contributed by atoms with E-state index in [9.17, 15) is 13.6 Å². The third-order valence-electron chi connectivity index (χ3n) is 3.22. The molecular weight excluding hydrogens is 250 g/mol. The molecule has 1 amide bonds. The van der Waals surface area contributed by atoms with Crippen LogP contribution in [0.4, 0.5) is 8.78 Å². The van der Waals surface area contributed by atoms with Crippen molar-refractivity contribution >= 4 is 5.91 Å². The molecule has 1 N–H and O–H groups in total. The molecule has 106 valence electrons. The summed E-state index contributed by atoms with van der Waals surface area (Å²) in [6, 6.07) is 3.44. The Labute approximate surface area is 112 Å². The Morgan fingerprint density at radius 1 is 1.37 bits per heavy atom. The molecule has 0 aliphatic heterocycles. The molecule has 0 aliphatic rings. The first-order valence-corrected chi connectivity index (χ1v) is 6.32. The zero-order chi connectivity index (χ0) is 14.4. The topological polar surface area (TPSA) is 32.3 Å². The van der Waals surface area contributed by atoms with Crippen LogP contribution in [-0.2, 0) is 4.79 Å². The van der Waals surface area contributed by atoms with Crippen LogP contribution in [0.1, 0.15) is 31.4 Å². The van der Waals surface area contributed by atoms with Crippen LogP contribution in [0.5, 0.6) is 0 Å². The van der Waals surface area contributed by atoms with Gasteiger partial charge in [-0.2, -0.15) is 0 Å². The van der Waals surface area contributed by atoms with Crippen LogP contribution in [0.3, 0.4) is 0 Å². The summed E-state index contributed by atoms with van der Waals surface area (Å²) in [5.41, 5.74) is 0.586. The molecular formula is C14H20F2N2O. The van der Waals surface area contributed by atoms with Gasteiger partial charge in [0.15, 0.2) is 11.6 Å². The molecule has 0 fully saturated rings. The highest BCUT2D eigenvalue weighted by Crippen LogP contribution is 2.21. The summed E-state index contributed by atoms with van der Waals surface area (Å²) in [7, 11) is 3.51. The zero-order valence-electron chi connectivity index (χ0n) is 11.5. The first kappa shape index (κ1) is 15.6. The molecule has 3 nitrogen and oxygen atoms in total. The fourth-order valence-electron chi connectivity index (χ4n) is 1.80. The normalized spacial score (nSPS) is 12.3. The molecule has 1 aromatic carbocycles. The van der Waals surface area contributed by atoms with Gasteiger partial charge in [0.1, 0.15) is 0 Å². The van der Waals surface area contributed by atoms with Gasteiger partial charge >= 0.3 is 0 Å². The summed E-state index contributed by atoms with van der Waals surface area (Å²) in [5, 5.41) is 2.97. The minimum Gasteiger partial charge on any atom is -0.339 e. The van der Waals surface area contributed by atoms with Crippen molar-refractivity contribution in [1.29, 1.82) is 0 Å². The molecule has 0 aromatic heterocycles. The van der Waals surface area contributed by atoms with E-state index in [1.54, 1.807) is 18.9 Å². The fourth-order valence-corrected chi connectivity index (χ4v) is 1.80. The molecule has 0 saturated heterocycles. The quantitative estimate of drug-likeness (QED) is 0.805. The number of hydrogen-bond acceptors (Lipinski definition) is 2. The van der Waals surface area contributed by atoms with E-state index >= 15 is 0 Å². The third-order valence-corrected chi connectivity index (χ3v) is 3.22. The summed E-state index contributed by atoms with van der Waals surface area (Å²) in [6.45, 7) is 2.57. The lowest BCUT2D eigenvalue weighted by atomic mass is 10.1. The Morgan fingerprint density at radius 2 is 2.05 bits per heavy atom. The molecule has 0 heterocycles. The molecule has 1 atom stereocenters. The van der Waals surface area contributed by atoms with Crippen molar-refractivity contribution in [2.75, 3.05) is 20.6 Å². The van der Waals surface area contributed by atoms with E-state index in [1.165, 1.54) is 6.07 Å². The molecule has 0 spiro atoms. The van der Waals surface area contributed by atoms with Crippen molar-refractivity contribution < 1.29 is 13.6 Å². The van der Waals surface area contributed by atoms with Crippen LogP contribution in [-0.4, -0.2) is 31.4 Å². The van der Waals surface area contributed by atoms with Crippen LogP contribution in [0, 0.1) is 11.6 Å². The Kier molecular flexibility index (Phi) is 5.89. The Bertz CT molecular complexity index is 437. The van der Waals surface area contributed by atoms with Crippen LogP contribution in [0.2, 0.25) is 0 Å². The van der Waals surface area contributed by atoms with E-state index in [1.807, 2.05) is 7.05 Å². The number of nitrogens with one attached hydrogen (secondary N) is 1. The van der Waals surface area contributed by atoms with E-state index in [-0.39, 0.29) is 11.9 Å². The molecule has 1 aromatic rings. The number of amides is 1. The van der Waals surface area contributed by atoms with E-state index in [4.69, 9.17) is 0 Å². The van der Waals surface area contributed by atoms with Crippen LogP contribution < -0.4 is 5.32 Å². The maximum absolute atomic E-state index is 13.2. The SMILES string of the molecule is CNCCCC(=O)N(C)C(C)c1ccc(F)c(F)c1. The maximum atomic E-state index is 13.2. The lowest BCUT2D eigenvalue weighted by molar-refractivity contribution is -0.131. The monoisotopic (exact) mass is 270 g/mol. The van der Waals surface area contributed by atoms with Gasteiger partial charge in [-0.05, 0) is 44.6 Å². The van der Waals surface area contributed by atoms with Crippen molar-refractivity contribution in [3.05, 3.63) is 35.4 Å². The van der Waals surface area contributed by atoms with Gasteiger partial charge in [0, 0.05) is 13.5 Å². The first-order chi connectivity index (χ1) is 8.97. The van der Waals surface area contributed by atoms with Gasteiger partial charge in [0.05, 0.1) is 6.04 Å². The summed E-state index contributed by atoms with van der Waals surface area (Å²) < 4.78 is 26.0. The number of benzene rings is 1. The Hall–Kier alpha value is -1.49. The van der Waals surface area contributed by atoms with Gasteiger partial charge < -0.3 is 10.2 Å². The zero-order valence-corrected chi connectivity index (χ0v) is 11.5. The average molecular weight is 270 g/mol. The highest BCUT2D eigenvalue weighted by molar-refractivity contribution is 5.76. The molecule has 0 aliphatic carbocycles. The van der Waals surface area contributed by atoms with Gasteiger partial charge in [-0.25, -0.2) is 8.78 Å². The van der Waals surface area contributed by atoms with Crippen molar-refractivity contribution in [1.82, 2.24) is 10.2 Å². The molecule has 0 radical (unpaired) electrons. The Balaban J connectivity index is 2.67. The average Bonchev–Trinajstić information content (AvgIpc) is 2.40. The number of carbonyl (C=O) groups excluding carboxylic acids is 1. The maximum Gasteiger partial charge on any atom is 0.222 e. The van der Waals surface area contributed by atoms with Gasteiger partial charge in [-0.15, -0.1) is 0 Å². The van der Waals surface area contributed by atoms with Crippen LogP contribution in [0.25, 0.3) is 0 Å². The molecule has 5 heteroatoms. The minimum atomic E-state index is -0.889. The molecule has 1 unspecified atom stereocenters. The van der Waals surface area contributed by atoms with Gasteiger partial charge in [0.25, 0.3) is 0 Å². The van der Waals surface area contributed by atoms with E-state index in [0.29, 0.717) is 12.0 Å². The third kappa shape index (κ3) is 4.28. The standard InChI is InChI=1S/C14H20F2N2O/c1-10(11-6-7-12(15)13(16)9-11)18(3)14(19)5-4-8-17-2/h6-7,9-10,17H,4-5,8H2,1-3H3. The van der Waals surface area contributed by atoms with E-state index in [2.05, 4.69) is 5.32 Å². The molecule has 1 rings (SSSR count). The van der Waals surface area contributed by atoms with Crippen LogP contribution >= 0.6 is 0 Å². The lowest BCUT2D eigenvalue weighted by Crippen LogP contribution is -2.30. The van der Waals surface area contributed by atoms with Gasteiger partial charge in [0.2, 0.25) is 5.91 Å². The van der Waals surface area contributed by atoms with Crippen molar-refractivity contribution in [3.8, 4) is 0 Å². The second-order valence-corrected chi connectivity index (χ2v) is 4.56.